The van der Waals surface area contributed by atoms with Gasteiger partial charge in [0.05, 0.1) is 6.42 Å². The molecule has 8 nitrogen and oxygen atoms in total. The summed E-state index contributed by atoms with van der Waals surface area (Å²) in [6, 6.07) is 5.80. The maximum absolute atomic E-state index is 12.9. The average Bonchev–Trinajstić information content (AvgIpc) is 3.41. The van der Waals surface area contributed by atoms with Crippen molar-refractivity contribution in [1.29, 1.82) is 0 Å². The molecule has 0 N–H and O–H groups in total. The number of aromatic nitrogens is 2. The Kier molecular flexibility index (Phi) is 5.56. The number of likely N-dealkylation sites (tertiary alicyclic amines) is 2. The topological polar surface area (TPSA) is 80.9 Å². The zero-order valence-electron chi connectivity index (χ0n) is 18.1. The summed E-state index contributed by atoms with van der Waals surface area (Å²) in [5, 5.41) is 8.30. The third-order valence-electron chi connectivity index (χ3n) is 6.72. The molecule has 2 saturated heterocycles. The van der Waals surface area contributed by atoms with Crippen LogP contribution >= 0.6 is 0 Å². The second kappa shape index (κ2) is 8.49. The molecule has 1 amide bonds. The van der Waals surface area contributed by atoms with E-state index in [-0.39, 0.29) is 18.1 Å². The molecule has 0 saturated carbocycles. The molecule has 2 fully saturated rings. The van der Waals surface area contributed by atoms with E-state index in [9.17, 15) is 4.79 Å². The zero-order valence-corrected chi connectivity index (χ0v) is 18.1. The summed E-state index contributed by atoms with van der Waals surface area (Å²) in [6.45, 7) is 4.27. The minimum Gasteiger partial charge on any atom is -0.454 e. The minimum atomic E-state index is 0.197. The normalized spacial score (nSPS) is 23.5. The molecule has 1 aromatic heterocycles. The maximum atomic E-state index is 12.9. The van der Waals surface area contributed by atoms with Gasteiger partial charge in [0.2, 0.25) is 24.5 Å². The highest BCUT2D eigenvalue weighted by Gasteiger charge is 2.39. The van der Waals surface area contributed by atoms with Gasteiger partial charge in [-0.3, -0.25) is 4.79 Å². The maximum Gasteiger partial charge on any atom is 0.231 e. The highest BCUT2D eigenvalue weighted by Crippen LogP contribution is 2.38. The number of hydrogen-bond donors (Lipinski definition) is 0. The van der Waals surface area contributed by atoms with E-state index in [1.165, 1.54) is 25.8 Å². The van der Waals surface area contributed by atoms with Crippen molar-refractivity contribution in [1.82, 2.24) is 20.0 Å². The number of hydrogen-bond acceptors (Lipinski definition) is 7. The summed E-state index contributed by atoms with van der Waals surface area (Å²) in [4.78, 5) is 17.4. The molecule has 8 heteroatoms. The first-order valence-electron chi connectivity index (χ1n) is 11.2. The number of fused-ring (bicyclic) bond motifs is 1. The second-order valence-corrected chi connectivity index (χ2v) is 9.21. The van der Waals surface area contributed by atoms with E-state index in [1.807, 2.05) is 18.2 Å². The molecule has 1 aromatic carbocycles. The fourth-order valence-corrected chi connectivity index (χ4v) is 5.27. The highest BCUT2D eigenvalue weighted by atomic mass is 16.7. The van der Waals surface area contributed by atoms with Crippen molar-refractivity contribution in [3.05, 3.63) is 35.5 Å². The number of amides is 1. The van der Waals surface area contributed by atoms with E-state index in [0.29, 0.717) is 31.0 Å². The van der Waals surface area contributed by atoms with Crippen LogP contribution in [0.1, 0.15) is 49.4 Å². The molecule has 3 aliphatic rings. The minimum absolute atomic E-state index is 0.197. The molecule has 4 heterocycles. The van der Waals surface area contributed by atoms with Crippen LogP contribution in [-0.4, -0.2) is 65.9 Å². The first-order chi connectivity index (χ1) is 15.1. The van der Waals surface area contributed by atoms with Crippen LogP contribution in [0, 0.1) is 5.41 Å². The van der Waals surface area contributed by atoms with Gasteiger partial charge in [-0.2, -0.15) is 0 Å². The third kappa shape index (κ3) is 4.54. The fourth-order valence-electron chi connectivity index (χ4n) is 5.27. The summed E-state index contributed by atoms with van der Waals surface area (Å²) in [6.07, 6.45) is 6.21. The molecule has 1 unspecified atom stereocenters. The molecule has 2 aromatic rings. The Hall–Kier alpha value is -2.61. The standard InChI is InChI=1S/C23H30N4O4/c1-26-10-2-8-23(14-26)9-3-11-27(15-23)22(28)7-6-20-24-25-21(31-20)13-17-4-5-18-19(12-17)30-16-29-18/h4-5,12H,2-3,6-11,13-16H2,1H3. The Morgan fingerprint density at radius 3 is 2.74 bits per heavy atom. The van der Waals surface area contributed by atoms with Gasteiger partial charge in [-0.25, -0.2) is 0 Å². The van der Waals surface area contributed by atoms with Crippen molar-refractivity contribution in [2.45, 2.75) is 44.9 Å². The summed E-state index contributed by atoms with van der Waals surface area (Å²) in [5.74, 6) is 2.76. The molecule has 5 rings (SSSR count). The quantitative estimate of drug-likeness (QED) is 0.727. The Morgan fingerprint density at radius 2 is 1.87 bits per heavy atom. The molecule has 3 aliphatic heterocycles. The van der Waals surface area contributed by atoms with Gasteiger partial charge in [0.1, 0.15) is 0 Å². The summed E-state index contributed by atoms with van der Waals surface area (Å²) >= 11 is 0. The van der Waals surface area contributed by atoms with Gasteiger partial charge in [0.25, 0.3) is 0 Å². The fraction of sp³-hybridized carbons (Fsp3) is 0.609. The van der Waals surface area contributed by atoms with E-state index in [0.717, 1.165) is 43.1 Å². The number of carbonyl (C=O) groups is 1. The van der Waals surface area contributed by atoms with Crippen molar-refractivity contribution in [3.8, 4) is 11.5 Å². The van der Waals surface area contributed by atoms with E-state index in [2.05, 4.69) is 27.0 Å². The third-order valence-corrected chi connectivity index (χ3v) is 6.72. The molecule has 0 aliphatic carbocycles. The molecular weight excluding hydrogens is 396 g/mol. The van der Waals surface area contributed by atoms with Crippen LogP contribution in [0.15, 0.2) is 22.6 Å². The molecule has 1 spiro atoms. The van der Waals surface area contributed by atoms with E-state index < -0.39 is 0 Å². The first-order valence-corrected chi connectivity index (χ1v) is 11.2. The van der Waals surface area contributed by atoms with Crippen LogP contribution in [0.25, 0.3) is 0 Å². The van der Waals surface area contributed by atoms with Gasteiger partial charge in [-0.05, 0) is 57.0 Å². The number of nitrogens with zero attached hydrogens (tertiary/aromatic N) is 4. The number of ether oxygens (including phenoxy) is 2. The van der Waals surface area contributed by atoms with Crippen molar-refractivity contribution in [2.24, 2.45) is 5.41 Å². The van der Waals surface area contributed by atoms with Crippen LogP contribution in [0.5, 0.6) is 11.5 Å². The first kappa shape index (κ1) is 20.3. The van der Waals surface area contributed by atoms with E-state index >= 15 is 0 Å². The lowest BCUT2D eigenvalue weighted by atomic mass is 9.74. The molecular formula is C23H30N4O4. The Morgan fingerprint density at radius 1 is 1.06 bits per heavy atom. The summed E-state index contributed by atoms with van der Waals surface area (Å²) < 4.78 is 16.6. The summed E-state index contributed by atoms with van der Waals surface area (Å²) in [5.41, 5.74) is 1.30. The van der Waals surface area contributed by atoms with E-state index in [4.69, 9.17) is 13.9 Å². The largest absolute Gasteiger partial charge is 0.454 e. The molecule has 0 radical (unpaired) electrons. The van der Waals surface area contributed by atoms with Crippen LogP contribution in [-0.2, 0) is 17.6 Å². The van der Waals surface area contributed by atoms with Crippen molar-refractivity contribution < 1.29 is 18.7 Å². The predicted octanol–water partition coefficient (Wildman–Crippen LogP) is 2.66. The number of piperidine rings is 2. The van der Waals surface area contributed by atoms with Crippen molar-refractivity contribution >= 4 is 5.91 Å². The SMILES string of the molecule is CN1CCCC2(CCCN(C(=O)CCc3nnc(Cc4ccc5c(c4)OCO5)o3)C2)C1. The molecule has 1 atom stereocenters. The Labute approximate surface area is 182 Å². The van der Waals surface area contributed by atoms with Gasteiger partial charge in [-0.1, -0.05) is 6.07 Å². The highest BCUT2D eigenvalue weighted by molar-refractivity contribution is 5.76. The van der Waals surface area contributed by atoms with Gasteiger partial charge < -0.3 is 23.7 Å². The molecule has 31 heavy (non-hydrogen) atoms. The number of carbonyl (C=O) groups excluding carboxylic acids is 1. The smallest absolute Gasteiger partial charge is 0.231 e. The second-order valence-electron chi connectivity index (χ2n) is 9.21. The van der Waals surface area contributed by atoms with E-state index in [1.54, 1.807) is 0 Å². The number of benzene rings is 1. The van der Waals surface area contributed by atoms with Crippen LogP contribution < -0.4 is 9.47 Å². The molecule has 0 bridgehead atoms. The number of rotatable bonds is 5. The predicted molar refractivity (Wildman–Crippen MR) is 113 cm³/mol. The van der Waals surface area contributed by atoms with Crippen molar-refractivity contribution in [3.63, 3.8) is 0 Å². The lowest BCUT2D eigenvalue weighted by Crippen LogP contribution is -2.52. The monoisotopic (exact) mass is 426 g/mol. The Balaban J connectivity index is 1.14. The Bertz CT molecular complexity index is 941. The van der Waals surface area contributed by atoms with Gasteiger partial charge in [-0.15, -0.1) is 10.2 Å². The average molecular weight is 427 g/mol. The lowest BCUT2D eigenvalue weighted by molar-refractivity contribution is -0.135. The number of aryl methyl sites for hydroxylation is 1. The van der Waals surface area contributed by atoms with Crippen LogP contribution in [0.3, 0.4) is 0 Å². The van der Waals surface area contributed by atoms with Crippen molar-refractivity contribution in [2.75, 3.05) is 40.0 Å². The molecule has 166 valence electrons. The lowest BCUT2D eigenvalue weighted by Gasteiger charge is -2.47. The summed E-state index contributed by atoms with van der Waals surface area (Å²) in [7, 11) is 2.19. The van der Waals surface area contributed by atoms with Crippen LogP contribution in [0.2, 0.25) is 0 Å². The van der Waals surface area contributed by atoms with Gasteiger partial charge in [0.15, 0.2) is 11.5 Å². The van der Waals surface area contributed by atoms with Crippen LogP contribution in [0.4, 0.5) is 0 Å². The van der Waals surface area contributed by atoms with Gasteiger partial charge in [0, 0.05) is 37.9 Å². The van der Waals surface area contributed by atoms with Gasteiger partial charge >= 0.3 is 0 Å². The zero-order chi connectivity index (χ0) is 21.3.